The second-order valence-electron chi connectivity index (χ2n) is 6.79. The van der Waals surface area contributed by atoms with Crippen molar-refractivity contribution in [3.8, 4) is 0 Å². The molecular formula is C16H26F2N2OS. The summed E-state index contributed by atoms with van der Waals surface area (Å²) in [5.41, 5.74) is 0.683. The van der Waals surface area contributed by atoms with Crippen molar-refractivity contribution in [3.63, 3.8) is 0 Å². The fourth-order valence-corrected chi connectivity index (χ4v) is 2.74. The molecule has 1 rings (SSSR count). The van der Waals surface area contributed by atoms with Crippen molar-refractivity contribution in [2.24, 2.45) is 0 Å². The summed E-state index contributed by atoms with van der Waals surface area (Å²) in [6.45, 7) is 7.08. The number of nitrogens with one attached hydrogen (secondary N) is 1. The van der Waals surface area contributed by atoms with Gasteiger partial charge in [-0.2, -0.15) is 8.78 Å². The van der Waals surface area contributed by atoms with Crippen LogP contribution < -0.4 is 4.72 Å². The van der Waals surface area contributed by atoms with Crippen LogP contribution in [0.4, 0.5) is 8.78 Å². The first-order valence-corrected chi connectivity index (χ1v) is 8.39. The predicted octanol–water partition coefficient (Wildman–Crippen LogP) is 3.45. The molecule has 126 valence electrons. The third-order valence-corrected chi connectivity index (χ3v) is 4.84. The second kappa shape index (κ2) is 7.15. The molecule has 0 aliphatic rings. The second-order valence-corrected chi connectivity index (χ2v) is 8.79. The molecule has 0 aliphatic carbocycles. The van der Waals surface area contributed by atoms with Gasteiger partial charge in [-0.1, -0.05) is 18.2 Å². The van der Waals surface area contributed by atoms with Gasteiger partial charge in [0.25, 0.3) is 5.92 Å². The highest BCUT2D eigenvalue weighted by molar-refractivity contribution is 7.84. The number of hydrogen-bond donors (Lipinski definition) is 1. The highest BCUT2D eigenvalue weighted by atomic mass is 32.2. The summed E-state index contributed by atoms with van der Waals surface area (Å²) < 4.78 is 43.1. The first-order valence-electron chi connectivity index (χ1n) is 7.24. The Kier molecular flexibility index (Phi) is 6.24. The van der Waals surface area contributed by atoms with Crippen LogP contribution in [0.5, 0.6) is 0 Å². The van der Waals surface area contributed by atoms with E-state index in [0.29, 0.717) is 5.56 Å². The highest BCUT2D eigenvalue weighted by Gasteiger charge is 2.32. The molecule has 0 fully saturated rings. The minimum absolute atomic E-state index is 0.0195. The van der Waals surface area contributed by atoms with E-state index in [1.165, 1.54) is 17.0 Å². The monoisotopic (exact) mass is 332 g/mol. The predicted molar refractivity (Wildman–Crippen MR) is 88.3 cm³/mol. The van der Waals surface area contributed by atoms with E-state index in [-0.39, 0.29) is 18.2 Å². The van der Waals surface area contributed by atoms with Crippen LogP contribution in [0.3, 0.4) is 0 Å². The number of rotatable bonds is 6. The topological polar surface area (TPSA) is 32.3 Å². The molecule has 0 saturated heterocycles. The number of halogens is 2. The van der Waals surface area contributed by atoms with Gasteiger partial charge >= 0.3 is 0 Å². The molecule has 1 aromatic rings. The molecule has 6 heteroatoms. The van der Waals surface area contributed by atoms with Crippen LogP contribution in [-0.2, 0) is 16.9 Å². The molecule has 0 heterocycles. The Bertz CT molecular complexity index is 527. The lowest BCUT2D eigenvalue weighted by Gasteiger charge is -2.24. The van der Waals surface area contributed by atoms with Crippen molar-refractivity contribution in [2.75, 3.05) is 20.6 Å². The summed E-state index contributed by atoms with van der Waals surface area (Å²) >= 11 is 0. The number of benzene rings is 1. The number of alkyl halides is 2. The lowest BCUT2D eigenvalue weighted by molar-refractivity contribution is -0.0270. The van der Waals surface area contributed by atoms with Crippen LogP contribution in [0.25, 0.3) is 0 Å². The molecule has 0 amide bonds. The quantitative estimate of drug-likeness (QED) is 0.865. The minimum atomic E-state index is -2.91. The Morgan fingerprint density at radius 3 is 2.36 bits per heavy atom. The largest absolute Gasteiger partial charge is 0.303 e. The van der Waals surface area contributed by atoms with Gasteiger partial charge < -0.3 is 4.90 Å². The van der Waals surface area contributed by atoms with E-state index in [4.69, 9.17) is 0 Å². The van der Waals surface area contributed by atoms with Gasteiger partial charge in [-0.15, -0.1) is 0 Å². The van der Waals surface area contributed by atoms with Crippen LogP contribution >= 0.6 is 0 Å². The van der Waals surface area contributed by atoms with E-state index < -0.39 is 21.7 Å². The summed E-state index contributed by atoms with van der Waals surface area (Å²) in [6.07, 6.45) is 0. The molecule has 0 spiro atoms. The Labute approximate surface area is 134 Å². The average molecular weight is 332 g/mol. The average Bonchev–Trinajstić information content (AvgIpc) is 2.36. The summed E-state index contributed by atoms with van der Waals surface area (Å²) in [5.74, 6) is -2.91. The first-order chi connectivity index (χ1) is 9.93. The molecule has 1 unspecified atom stereocenters. The summed E-state index contributed by atoms with van der Waals surface area (Å²) in [6, 6.07) is 6.04. The van der Waals surface area contributed by atoms with E-state index in [1.54, 1.807) is 26.2 Å². The van der Waals surface area contributed by atoms with Gasteiger partial charge in [0.1, 0.15) is 0 Å². The lowest BCUT2D eigenvalue weighted by atomic mass is 10.0. The normalized spacial score (nSPS) is 15.9. The number of hydrogen-bond acceptors (Lipinski definition) is 2. The third-order valence-electron chi connectivity index (χ3n) is 3.16. The van der Waals surface area contributed by atoms with E-state index in [9.17, 15) is 13.0 Å². The van der Waals surface area contributed by atoms with E-state index in [0.717, 1.165) is 0 Å². The molecule has 1 aromatic carbocycles. The van der Waals surface area contributed by atoms with Crippen molar-refractivity contribution >= 4 is 11.0 Å². The van der Waals surface area contributed by atoms with Gasteiger partial charge in [0.15, 0.2) is 0 Å². The zero-order chi connectivity index (χ0) is 17.1. The molecule has 0 aromatic heterocycles. The van der Waals surface area contributed by atoms with Crippen LogP contribution in [0, 0.1) is 0 Å². The Morgan fingerprint density at radius 2 is 1.86 bits per heavy atom. The van der Waals surface area contributed by atoms with Crippen LogP contribution in [-0.4, -0.2) is 34.5 Å². The number of nitrogens with zero attached hydrogens (tertiary/aromatic N) is 1. The number of likely N-dealkylation sites (N-methyl/N-ethyl adjacent to an activating group) is 1. The highest BCUT2D eigenvalue weighted by Crippen LogP contribution is 2.30. The first kappa shape index (κ1) is 19.2. The van der Waals surface area contributed by atoms with Crippen LogP contribution in [0.1, 0.15) is 44.9 Å². The van der Waals surface area contributed by atoms with Gasteiger partial charge in [-0.25, -0.2) is 8.93 Å². The molecule has 0 bridgehead atoms. The maximum atomic E-state index is 14.2. The molecule has 3 nitrogen and oxygen atoms in total. The Hall–Kier alpha value is -0.850. The van der Waals surface area contributed by atoms with Gasteiger partial charge in [0.2, 0.25) is 0 Å². The van der Waals surface area contributed by atoms with E-state index in [1.807, 2.05) is 27.7 Å². The maximum Gasteiger partial charge on any atom is 0.285 e. The lowest BCUT2D eigenvalue weighted by Crippen LogP contribution is -2.35. The van der Waals surface area contributed by atoms with Crippen molar-refractivity contribution in [2.45, 2.75) is 44.4 Å². The summed E-state index contributed by atoms with van der Waals surface area (Å²) in [4.78, 5) is 1.46. The van der Waals surface area contributed by atoms with E-state index >= 15 is 0 Å². The van der Waals surface area contributed by atoms with Gasteiger partial charge in [0, 0.05) is 11.6 Å². The fourth-order valence-electron chi connectivity index (χ4n) is 1.93. The summed E-state index contributed by atoms with van der Waals surface area (Å²) in [7, 11) is 1.99. The maximum absolute atomic E-state index is 14.2. The minimum Gasteiger partial charge on any atom is -0.303 e. The SMILES string of the molecule is C[C@@H](NS(=O)C(C)(C)C)c1cccc(C(F)(F)CN(C)C)c1. The molecular weight excluding hydrogens is 306 g/mol. The summed E-state index contributed by atoms with van der Waals surface area (Å²) in [5, 5.41) is 0. The Balaban J connectivity index is 2.94. The molecule has 0 saturated carbocycles. The molecule has 0 aliphatic heterocycles. The zero-order valence-electron chi connectivity index (χ0n) is 14.1. The van der Waals surface area contributed by atoms with Crippen molar-refractivity contribution in [3.05, 3.63) is 35.4 Å². The fraction of sp³-hybridized carbons (Fsp3) is 0.625. The molecule has 22 heavy (non-hydrogen) atoms. The molecule has 0 radical (unpaired) electrons. The van der Waals surface area contributed by atoms with Crippen LogP contribution in [0.2, 0.25) is 0 Å². The van der Waals surface area contributed by atoms with Crippen molar-refractivity contribution < 1.29 is 13.0 Å². The zero-order valence-corrected chi connectivity index (χ0v) is 14.9. The van der Waals surface area contributed by atoms with Crippen molar-refractivity contribution in [1.29, 1.82) is 0 Å². The van der Waals surface area contributed by atoms with Crippen molar-refractivity contribution in [1.82, 2.24) is 9.62 Å². The van der Waals surface area contributed by atoms with Crippen LogP contribution in [0.15, 0.2) is 24.3 Å². The van der Waals surface area contributed by atoms with Gasteiger partial charge in [0.05, 0.1) is 22.3 Å². The smallest absolute Gasteiger partial charge is 0.285 e. The van der Waals surface area contributed by atoms with Gasteiger partial charge in [-0.05, 0) is 53.4 Å². The van der Waals surface area contributed by atoms with E-state index in [2.05, 4.69) is 4.72 Å². The molecule has 1 N–H and O–H groups in total. The Morgan fingerprint density at radius 1 is 1.27 bits per heavy atom. The molecule has 2 atom stereocenters. The van der Waals surface area contributed by atoms with Gasteiger partial charge in [-0.3, -0.25) is 0 Å². The standard InChI is InChI=1S/C16H26F2N2OS/c1-12(19-22(21)15(2,3)4)13-8-7-9-14(10-13)16(17,18)11-20(5)6/h7-10,12,19H,11H2,1-6H3/t12-,22?/m1/s1. The third kappa shape index (κ3) is 5.41.